The molecule has 0 aliphatic carbocycles. The topological polar surface area (TPSA) is 84.9 Å². The maximum atomic E-state index is 13.2. The number of hydrogen-bond donors (Lipinski definition) is 1. The van der Waals surface area contributed by atoms with Gasteiger partial charge in [0, 0.05) is 6.08 Å². The number of hydrogen-bond acceptors (Lipinski definition) is 5. The fourth-order valence-electron chi connectivity index (χ4n) is 3.30. The van der Waals surface area contributed by atoms with Crippen LogP contribution in [0.15, 0.2) is 54.6 Å². The maximum Gasteiger partial charge on any atom is 0.331 e. The number of esters is 1. The van der Waals surface area contributed by atoms with E-state index in [9.17, 15) is 14.4 Å². The zero-order valence-electron chi connectivity index (χ0n) is 18.0. The van der Waals surface area contributed by atoms with Gasteiger partial charge in [0.2, 0.25) is 5.91 Å². The van der Waals surface area contributed by atoms with Crippen molar-refractivity contribution in [1.82, 2.24) is 0 Å². The van der Waals surface area contributed by atoms with Gasteiger partial charge >= 0.3 is 5.97 Å². The zero-order chi connectivity index (χ0) is 22.6. The Hall–Kier alpha value is -3.61. The van der Waals surface area contributed by atoms with Gasteiger partial charge in [0.15, 0.2) is 6.10 Å². The summed E-state index contributed by atoms with van der Waals surface area (Å²) in [6.45, 7) is 7.28. The third kappa shape index (κ3) is 4.77. The summed E-state index contributed by atoms with van der Waals surface area (Å²) in [5.41, 5.74) is 0.755. The standard InChI is InChI=1S/C24H26N2O5/c1-5-30-18-13-10-17(11-14-18)12-15-21(27)31-16(2)22(28)26-20-9-7-6-8-19(20)25-23(29)24(26,3)4/h6-16H,5H2,1-4H3,(H,25,29)/b15-12+/t16-/m1/s1. The molecule has 0 radical (unpaired) electrons. The molecule has 0 aromatic heterocycles. The number of ether oxygens (including phenoxy) is 2. The van der Waals surface area contributed by atoms with Crippen molar-refractivity contribution in [3.63, 3.8) is 0 Å². The highest BCUT2D eigenvalue weighted by Gasteiger charge is 2.45. The first-order valence-corrected chi connectivity index (χ1v) is 10.1. The number of anilines is 2. The highest BCUT2D eigenvalue weighted by Crippen LogP contribution is 2.37. The van der Waals surface area contributed by atoms with Gasteiger partial charge in [-0.2, -0.15) is 0 Å². The van der Waals surface area contributed by atoms with E-state index >= 15 is 0 Å². The van der Waals surface area contributed by atoms with Crippen molar-refractivity contribution in [1.29, 1.82) is 0 Å². The molecule has 1 heterocycles. The molecule has 7 nitrogen and oxygen atoms in total. The lowest BCUT2D eigenvalue weighted by molar-refractivity contribution is -0.149. The van der Waals surface area contributed by atoms with Gasteiger partial charge in [-0.15, -0.1) is 0 Å². The number of benzene rings is 2. The quantitative estimate of drug-likeness (QED) is 0.565. The molecule has 1 N–H and O–H groups in total. The molecule has 0 saturated carbocycles. The number of amides is 2. The largest absolute Gasteiger partial charge is 0.494 e. The Labute approximate surface area is 181 Å². The Morgan fingerprint density at radius 2 is 1.81 bits per heavy atom. The number of rotatable bonds is 6. The highest BCUT2D eigenvalue weighted by atomic mass is 16.5. The fraction of sp³-hybridized carbons (Fsp3) is 0.292. The van der Waals surface area contributed by atoms with Gasteiger partial charge in [-0.05, 0) is 63.6 Å². The summed E-state index contributed by atoms with van der Waals surface area (Å²) in [5.74, 6) is -0.694. The molecule has 1 atom stereocenters. The van der Waals surface area contributed by atoms with Crippen molar-refractivity contribution in [3.8, 4) is 5.75 Å². The third-order valence-corrected chi connectivity index (χ3v) is 4.97. The summed E-state index contributed by atoms with van der Waals surface area (Å²) >= 11 is 0. The van der Waals surface area contributed by atoms with Crippen molar-refractivity contribution in [2.24, 2.45) is 0 Å². The van der Waals surface area contributed by atoms with E-state index in [1.807, 2.05) is 31.2 Å². The molecule has 31 heavy (non-hydrogen) atoms. The monoisotopic (exact) mass is 422 g/mol. The van der Waals surface area contributed by atoms with Crippen molar-refractivity contribution < 1.29 is 23.9 Å². The summed E-state index contributed by atoms with van der Waals surface area (Å²) < 4.78 is 10.7. The molecule has 0 bridgehead atoms. The van der Waals surface area contributed by atoms with Crippen LogP contribution in [0.5, 0.6) is 5.75 Å². The number of nitrogens with zero attached hydrogens (tertiary/aromatic N) is 1. The van der Waals surface area contributed by atoms with Crippen LogP contribution in [0.25, 0.3) is 6.08 Å². The molecule has 0 fully saturated rings. The van der Waals surface area contributed by atoms with Crippen LogP contribution in [0, 0.1) is 0 Å². The first-order valence-electron chi connectivity index (χ1n) is 10.1. The second-order valence-electron chi connectivity index (χ2n) is 7.62. The highest BCUT2D eigenvalue weighted by molar-refractivity contribution is 6.15. The van der Waals surface area contributed by atoms with Gasteiger partial charge in [-0.25, -0.2) is 4.79 Å². The lowest BCUT2D eigenvalue weighted by Gasteiger charge is -2.42. The van der Waals surface area contributed by atoms with E-state index in [4.69, 9.17) is 9.47 Å². The zero-order valence-corrected chi connectivity index (χ0v) is 18.0. The van der Waals surface area contributed by atoms with Crippen LogP contribution in [-0.4, -0.2) is 36.0 Å². The number of fused-ring (bicyclic) bond motifs is 1. The van der Waals surface area contributed by atoms with E-state index in [1.54, 1.807) is 44.2 Å². The smallest absolute Gasteiger partial charge is 0.331 e. The van der Waals surface area contributed by atoms with Crippen molar-refractivity contribution in [3.05, 3.63) is 60.2 Å². The van der Waals surface area contributed by atoms with Gasteiger partial charge in [0.05, 0.1) is 18.0 Å². The summed E-state index contributed by atoms with van der Waals surface area (Å²) in [5, 5.41) is 2.80. The molecule has 0 spiro atoms. The molecule has 0 unspecified atom stereocenters. The summed E-state index contributed by atoms with van der Waals surface area (Å²) in [7, 11) is 0. The molecule has 2 amide bonds. The minimum atomic E-state index is -1.13. The molecule has 7 heteroatoms. The van der Waals surface area contributed by atoms with Gasteiger partial charge < -0.3 is 14.8 Å². The van der Waals surface area contributed by atoms with Crippen molar-refractivity contribution in [2.45, 2.75) is 39.3 Å². The third-order valence-electron chi connectivity index (χ3n) is 4.97. The average molecular weight is 422 g/mol. The SMILES string of the molecule is CCOc1ccc(/C=C/C(=O)O[C@H](C)C(=O)N2c3ccccc3NC(=O)C2(C)C)cc1. The van der Waals surface area contributed by atoms with Gasteiger partial charge in [0.1, 0.15) is 11.3 Å². The van der Waals surface area contributed by atoms with Crippen LogP contribution < -0.4 is 15.0 Å². The first-order chi connectivity index (χ1) is 14.7. The number of para-hydroxylation sites is 2. The minimum absolute atomic E-state index is 0.312. The number of nitrogens with one attached hydrogen (secondary N) is 1. The van der Waals surface area contributed by atoms with E-state index < -0.39 is 23.5 Å². The van der Waals surface area contributed by atoms with E-state index in [1.165, 1.54) is 17.9 Å². The van der Waals surface area contributed by atoms with E-state index in [0.717, 1.165) is 11.3 Å². The molecular weight excluding hydrogens is 396 g/mol. The van der Waals surface area contributed by atoms with Gasteiger partial charge in [-0.3, -0.25) is 14.5 Å². The van der Waals surface area contributed by atoms with Gasteiger partial charge in [0.25, 0.3) is 5.91 Å². The molecule has 162 valence electrons. The summed E-state index contributed by atoms with van der Waals surface area (Å²) in [6, 6.07) is 14.3. The van der Waals surface area contributed by atoms with E-state index in [-0.39, 0.29) is 5.91 Å². The number of carbonyl (C=O) groups excluding carboxylic acids is 3. The molecule has 1 aliphatic rings. The predicted molar refractivity (Wildman–Crippen MR) is 119 cm³/mol. The van der Waals surface area contributed by atoms with Crippen LogP contribution in [0.2, 0.25) is 0 Å². The molecule has 0 saturated heterocycles. The molecular formula is C24H26N2O5. The average Bonchev–Trinajstić information content (AvgIpc) is 2.74. The number of carbonyl (C=O) groups is 3. The van der Waals surface area contributed by atoms with Crippen LogP contribution in [0.3, 0.4) is 0 Å². The van der Waals surface area contributed by atoms with E-state index in [0.29, 0.717) is 18.0 Å². The molecule has 2 aromatic carbocycles. The van der Waals surface area contributed by atoms with Gasteiger partial charge in [-0.1, -0.05) is 24.3 Å². The van der Waals surface area contributed by atoms with E-state index in [2.05, 4.69) is 5.32 Å². The predicted octanol–water partition coefficient (Wildman–Crippen LogP) is 3.79. The Kier molecular flexibility index (Phi) is 6.44. The Bertz CT molecular complexity index is 1010. The van der Waals surface area contributed by atoms with Crippen LogP contribution in [-0.2, 0) is 19.1 Å². The fourth-order valence-corrected chi connectivity index (χ4v) is 3.30. The second kappa shape index (κ2) is 9.04. The summed E-state index contributed by atoms with van der Waals surface area (Å²) in [4.78, 5) is 39.3. The molecule has 1 aliphatic heterocycles. The van der Waals surface area contributed by atoms with Crippen molar-refractivity contribution >= 4 is 35.2 Å². The first kappa shape index (κ1) is 22.1. The van der Waals surface area contributed by atoms with Crippen LogP contribution in [0.1, 0.15) is 33.3 Å². The Morgan fingerprint density at radius 3 is 2.48 bits per heavy atom. The molecule has 3 rings (SSSR count). The molecule has 2 aromatic rings. The maximum absolute atomic E-state index is 13.2. The van der Waals surface area contributed by atoms with Crippen molar-refractivity contribution in [2.75, 3.05) is 16.8 Å². The van der Waals surface area contributed by atoms with Crippen LogP contribution >= 0.6 is 0 Å². The Morgan fingerprint density at radius 1 is 1.13 bits per heavy atom. The summed E-state index contributed by atoms with van der Waals surface area (Å²) in [6.07, 6.45) is 1.79. The lowest BCUT2D eigenvalue weighted by atomic mass is 9.95. The minimum Gasteiger partial charge on any atom is -0.494 e. The normalized spacial score (nSPS) is 15.7. The lowest BCUT2D eigenvalue weighted by Crippen LogP contribution is -2.60. The Balaban J connectivity index is 1.71. The van der Waals surface area contributed by atoms with Crippen LogP contribution in [0.4, 0.5) is 11.4 Å². The second-order valence-corrected chi connectivity index (χ2v) is 7.62.